The molecule has 1 fully saturated rings. The van der Waals surface area contributed by atoms with Crippen LogP contribution in [-0.2, 0) is 17.8 Å². The van der Waals surface area contributed by atoms with Crippen molar-refractivity contribution in [2.75, 3.05) is 0 Å². The Morgan fingerprint density at radius 2 is 1.84 bits per heavy atom. The molecule has 2 atom stereocenters. The molecule has 0 saturated heterocycles. The second-order valence-electron chi connectivity index (χ2n) is 7.95. The lowest BCUT2D eigenvalue weighted by Gasteiger charge is -2.33. The predicted octanol–water partition coefficient (Wildman–Crippen LogP) is 6.40. The SMILES string of the molecule is CCCC(C)C1CCC(c2ccc3c(c2)COC(C(F)(F)F)C3)CC1. The van der Waals surface area contributed by atoms with E-state index in [4.69, 9.17) is 4.74 Å². The third kappa shape index (κ3) is 4.39. The number of rotatable bonds is 4. The highest BCUT2D eigenvalue weighted by atomic mass is 19.4. The normalized spacial score (nSPS) is 28.4. The van der Waals surface area contributed by atoms with Gasteiger partial charge in [0.05, 0.1) is 6.61 Å². The quantitative estimate of drug-likeness (QED) is 0.608. The van der Waals surface area contributed by atoms with Crippen molar-refractivity contribution in [2.45, 2.75) is 83.6 Å². The van der Waals surface area contributed by atoms with Crippen LogP contribution in [0.25, 0.3) is 0 Å². The number of halogens is 3. The lowest BCUT2D eigenvalue weighted by Crippen LogP contribution is -2.36. The fourth-order valence-electron chi connectivity index (χ4n) is 4.61. The summed E-state index contributed by atoms with van der Waals surface area (Å²) in [4.78, 5) is 0. The van der Waals surface area contributed by atoms with Gasteiger partial charge in [-0.2, -0.15) is 13.2 Å². The number of benzene rings is 1. The molecule has 0 spiro atoms. The van der Waals surface area contributed by atoms with E-state index in [1.54, 1.807) is 0 Å². The number of fused-ring (bicyclic) bond motifs is 1. The van der Waals surface area contributed by atoms with Gasteiger partial charge in [0, 0.05) is 6.42 Å². The Labute approximate surface area is 149 Å². The second kappa shape index (κ2) is 7.69. The second-order valence-corrected chi connectivity index (χ2v) is 7.95. The van der Waals surface area contributed by atoms with Crippen molar-refractivity contribution in [2.24, 2.45) is 11.8 Å². The number of hydrogen-bond donors (Lipinski definition) is 0. The van der Waals surface area contributed by atoms with E-state index in [0.717, 1.165) is 23.0 Å². The molecule has 0 aromatic heterocycles. The van der Waals surface area contributed by atoms with Crippen molar-refractivity contribution in [1.82, 2.24) is 0 Å². The summed E-state index contributed by atoms with van der Waals surface area (Å²) in [7, 11) is 0. The molecule has 0 N–H and O–H groups in total. The maximum atomic E-state index is 12.8. The van der Waals surface area contributed by atoms with E-state index in [1.165, 1.54) is 44.1 Å². The smallest absolute Gasteiger partial charge is 0.364 e. The Hall–Kier alpha value is -1.03. The molecule has 1 aromatic rings. The van der Waals surface area contributed by atoms with Crippen LogP contribution >= 0.6 is 0 Å². The van der Waals surface area contributed by atoms with Gasteiger partial charge in [-0.1, -0.05) is 44.9 Å². The molecule has 0 bridgehead atoms. The van der Waals surface area contributed by atoms with E-state index in [2.05, 4.69) is 26.0 Å². The summed E-state index contributed by atoms with van der Waals surface area (Å²) in [6.07, 6.45) is 1.53. The molecule has 4 heteroatoms. The summed E-state index contributed by atoms with van der Waals surface area (Å²) >= 11 is 0. The largest absolute Gasteiger partial charge is 0.414 e. The first kappa shape index (κ1) is 18.8. The molecule has 25 heavy (non-hydrogen) atoms. The fourth-order valence-corrected chi connectivity index (χ4v) is 4.61. The highest BCUT2D eigenvalue weighted by molar-refractivity contribution is 5.35. The van der Waals surface area contributed by atoms with Gasteiger partial charge in [-0.15, -0.1) is 0 Å². The van der Waals surface area contributed by atoms with Gasteiger partial charge in [0.1, 0.15) is 0 Å². The third-order valence-corrected chi connectivity index (χ3v) is 6.23. The van der Waals surface area contributed by atoms with Crippen LogP contribution in [0.15, 0.2) is 18.2 Å². The lowest BCUT2D eigenvalue weighted by molar-refractivity contribution is -0.226. The van der Waals surface area contributed by atoms with Crippen molar-refractivity contribution < 1.29 is 17.9 Å². The van der Waals surface area contributed by atoms with Crippen molar-refractivity contribution in [3.8, 4) is 0 Å². The van der Waals surface area contributed by atoms with Gasteiger partial charge in [0.15, 0.2) is 6.10 Å². The van der Waals surface area contributed by atoms with Crippen LogP contribution in [0.5, 0.6) is 0 Å². The third-order valence-electron chi connectivity index (χ3n) is 6.23. The van der Waals surface area contributed by atoms with E-state index >= 15 is 0 Å². The van der Waals surface area contributed by atoms with E-state index in [0.29, 0.717) is 5.92 Å². The topological polar surface area (TPSA) is 9.23 Å². The van der Waals surface area contributed by atoms with Gasteiger partial charge in [-0.25, -0.2) is 0 Å². The Morgan fingerprint density at radius 1 is 1.12 bits per heavy atom. The first-order valence-electron chi connectivity index (χ1n) is 9.68. The van der Waals surface area contributed by atoms with Crippen molar-refractivity contribution in [3.63, 3.8) is 0 Å². The van der Waals surface area contributed by atoms with Crippen LogP contribution in [0.4, 0.5) is 13.2 Å². The zero-order valence-corrected chi connectivity index (χ0v) is 15.2. The molecule has 2 aliphatic rings. The Morgan fingerprint density at radius 3 is 2.48 bits per heavy atom. The molecule has 1 nitrogen and oxygen atoms in total. The van der Waals surface area contributed by atoms with Crippen LogP contribution < -0.4 is 0 Å². The van der Waals surface area contributed by atoms with Crippen LogP contribution in [0, 0.1) is 11.8 Å². The molecular weight excluding hydrogens is 325 g/mol. The maximum absolute atomic E-state index is 12.8. The summed E-state index contributed by atoms with van der Waals surface area (Å²) in [5.41, 5.74) is 3.02. The minimum atomic E-state index is -4.27. The standard InChI is InChI=1S/C21H29F3O/c1-3-4-14(2)15-5-7-16(8-6-15)17-9-10-18-12-20(21(22,23)24)25-13-19(18)11-17/h9-11,14-16,20H,3-8,12-13H2,1-2H3. The van der Waals surface area contributed by atoms with Crippen molar-refractivity contribution >= 4 is 0 Å². The Kier molecular flexibility index (Phi) is 5.77. The van der Waals surface area contributed by atoms with E-state index in [-0.39, 0.29) is 13.0 Å². The number of alkyl halides is 3. The fraction of sp³-hybridized carbons (Fsp3) is 0.714. The summed E-state index contributed by atoms with van der Waals surface area (Å²) in [5, 5.41) is 0. The summed E-state index contributed by atoms with van der Waals surface area (Å²) in [5.74, 6) is 2.20. The lowest BCUT2D eigenvalue weighted by atomic mass is 9.73. The summed E-state index contributed by atoms with van der Waals surface area (Å²) in [6.45, 7) is 4.71. The van der Waals surface area contributed by atoms with Gasteiger partial charge < -0.3 is 4.74 Å². The molecule has 1 saturated carbocycles. The van der Waals surface area contributed by atoms with E-state index in [1.807, 2.05) is 6.07 Å². The van der Waals surface area contributed by atoms with Gasteiger partial charge in [-0.3, -0.25) is 0 Å². The molecule has 1 aliphatic carbocycles. The van der Waals surface area contributed by atoms with Crippen LogP contribution in [0.1, 0.15) is 75.0 Å². The summed E-state index contributed by atoms with van der Waals surface area (Å²) in [6, 6.07) is 6.05. The average Bonchev–Trinajstić information content (AvgIpc) is 2.60. The molecule has 1 aliphatic heterocycles. The van der Waals surface area contributed by atoms with Gasteiger partial charge in [0.2, 0.25) is 0 Å². The van der Waals surface area contributed by atoms with Gasteiger partial charge in [-0.05, 0) is 60.1 Å². The predicted molar refractivity (Wildman–Crippen MR) is 93.5 cm³/mol. The molecule has 1 heterocycles. The molecule has 1 aromatic carbocycles. The van der Waals surface area contributed by atoms with Crippen LogP contribution in [-0.4, -0.2) is 12.3 Å². The number of ether oxygens (including phenoxy) is 1. The number of hydrogen-bond acceptors (Lipinski definition) is 1. The molecule has 0 amide bonds. The minimum Gasteiger partial charge on any atom is -0.364 e. The molecular formula is C21H29F3O. The Balaban J connectivity index is 1.62. The molecule has 2 unspecified atom stereocenters. The summed E-state index contributed by atoms with van der Waals surface area (Å²) < 4.78 is 43.6. The average molecular weight is 354 g/mol. The minimum absolute atomic E-state index is 0.0552. The van der Waals surface area contributed by atoms with E-state index in [9.17, 15) is 13.2 Å². The van der Waals surface area contributed by atoms with Crippen molar-refractivity contribution in [1.29, 1.82) is 0 Å². The van der Waals surface area contributed by atoms with Gasteiger partial charge >= 0.3 is 6.18 Å². The maximum Gasteiger partial charge on any atom is 0.414 e. The molecule has 0 radical (unpaired) electrons. The zero-order valence-electron chi connectivity index (χ0n) is 15.2. The van der Waals surface area contributed by atoms with Crippen LogP contribution in [0.2, 0.25) is 0 Å². The van der Waals surface area contributed by atoms with Gasteiger partial charge in [0.25, 0.3) is 0 Å². The molecule has 140 valence electrons. The van der Waals surface area contributed by atoms with Crippen LogP contribution in [0.3, 0.4) is 0 Å². The molecule has 3 rings (SSSR count). The highest BCUT2D eigenvalue weighted by Crippen LogP contribution is 2.41. The monoisotopic (exact) mass is 354 g/mol. The first-order chi connectivity index (χ1) is 11.9. The Bertz CT molecular complexity index is 573. The first-order valence-corrected chi connectivity index (χ1v) is 9.68. The zero-order chi connectivity index (χ0) is 18.0. The highest BCUT2D eigenvalue weighted by Gasteiger charge is 2.42. The van der Waals surface area contributed by atoms with Crippen molar-refractivity contribution in [3.05, 3.63) is 34.9 Å². The van der Waals surface area contributed by atoms with E-state index < -0.39 is 12.3 Å².